The summed E-state index contributed by atoms with van der Waals surface area (Å²) in [4.78, 5) is 12.6. The Labute approximate surface area is 176 Å². The first-order valence-electron chi connectivity index (χ1n) is 9.14. The summed E-state index contributed by atoms with van der Waals surface area (Å²) in [6.45, 7) is 5.04. The number of hydrogen-bond donors (Lipinski definition) is 1. The number of benzene rings is 1. The van der Waals surface area contributed by atoms with Crippen molar-refractivity contribution >= 4 is 27.5 Å². The molecule has 7 nitrogen and oxygen atoms in total. The monoisotopic (exact) mass is 453 g/mol. The van der Waals surface area contributed by atoms with Crippen LogP contribution in [0.4, 0.5) is 5.69 Å². The van der Waals surface area contributed by atoms with Crippen LogP contribution in [0, 0.1) is 13.8 Å². The van der Waals surface area contributed by atoms with Crippen molar-refractivity contribution in [3.63, 3.8) is 0 Å². The van der Waals surface area contributed by atoms with E-state index in [1.165, 1.54) is 0 Å². The first-order valence-corrected chi connectivity index (χ1v) is 9.93. The SMILES string of the molecule is Cc1cc(C)n(Cc2ccc(C(=O)Nc3cccc(Cn4cc(Br)cn4)c3)o2)n1. The fourth-order valence-electron chi connectivity index (χ4n) is 3.12. The van der Waals surface area contributed by atoms with Crippen molar-refractivity contribution in [2.24, 2.45) is 0 Å². The lowest BCUT2D eigenvalue weighted by Crippen LogP contribution is -2.11. The third-order valence-corrected chi connectivity index (χ3v) is 4.84. The summed E-state index contributed by atoms with van der Waals surface area (Å²) in [5, 5.41) is 11.6. The van der Waals surface area contributed by atoms with Gasteiger partial charge in [0, 0.05) is 17.6 Å². The number of carbonyl (C=O) groups is 1. The summed E-state index contributed by atoms with van der Waals surface area (Å²) >= 11 is 3.39. The molecule has 0 aliphatic carbocycles. The molecule has 0 bridgehead atoms. The molecule has 8 heteroatoms. The molecule has 0 radical (unpaired) electrons. The number of aryl methyl sites for hydroxylation is 2. The summed E-state index contributed by atoms with van der Waals surface area (Å²) in [5.41, 5.74) is 3.73. The highest BCUT2D eigenvalue weighted by atomic mass is 79.9. The Morgan fingerprint density at radius 3 is 2.76 bits per heavy atom. The highest BCUT2D eigenvalue weighted by Gasteiger charge is 2.13. The molecule has 1 N–H and O–H groups in total. The molecule has 3 aromatic heterocycles. The number of nitrogens with one attached hydrogen (secondary N) is 1. The predicted molar refractivity (Wildman–Crippen MR) is 113 cm³/mol. The molecule has 1 aromatic carbocycles. The van der Waals surface area contributed by atoms with Crippen molar-refractivity contribution < 1.29 is 9.21 Å². The van der Waals surface area contributed by atoms with Gasteiger partial charge in [-0.1, -0.05) is 12.1 Å². The number of anilines is 1. The second-order valence-electron chi connectivity index (χ2n) is 6.86. The average molecular weight is 454 g/mol. The molecular formula is C21H20BrN5O2. The van der Waals surface area contributed by atoms with Crippen molar-refractivity contribution in [3.05, 3.63) is 87.8 Å². The maximum absolute atomic E-state index is 12.6. The lowest BCUT2D eigenvalue weighted by molar-refractivity contribution is 0.0994. The zero-order valence-corrected chi connectivity index (χ0v) is 17.7. The van der Waals surface area contributed by atoms with Crippen LogP contribution in [0.3, 0.4) is 0 Å². The molecule has 1 amide bonds. The summed E-state index contributed by atoms with van der Waals surface area (Å²) < 4.78 is 10.3. The maximum atomic E-state index is 12.6. The quantitative estimate of drug-likeness (QED) is 0.469. The van der Waals surface area contributed by atoms with Gasteiger partial charge >= 0.3 is 0 Å². The highest BCUT2D eigenvalue weighted by Crippen LogP contribution is 2.16. The van der Waals surface area contributed by atoms with Gasteiger partial charge in [0.25, 0.3) is 5.91 Å². The standard InChI is InChI=1S/C21H20BrN5O2/c1-14-8-15(2)27(25-14)13-19-6-7-20(29-19)21(28)24-18-5-3-4-16(9-18)11-26-12-17(22)10-23-26/h3-10,12H,11,13H2,1-2H3,(H,24,28). The van der Waals surface area contributed by atoms with Crippen LogP contribution in [-0.4, -0.2) is 25.5 Å². The van der Waals surface area contributed by atoms with Crippen LogP contribution >= 0.6 is 15.9 Å². The molecule has 0 aliphatic heterocycles. The minimum Gasteiger partial charge on any atom is -0.454 e. The summed E-state index contributed by atoms with van der Waals surface area (Å²) in [7, 11) is 0. The van der Waals surface area contributed by atoms with Crippen LogP contribution in [0.2, 0.25) is 0 Å². The topological polar surface area (TPSA) is 77.9 Å². The Kier molecular flexibility index (Phi) is 5.35. The van der Waals surface area contributed by atoms with Crippen molar-refractivity contribution in [1.82, 2.24) is 19.6 Å². The smallest absolute Gasteiger partial charge is 0.291 e. The van der Waals surface area contributed by atoms with Crippen molar-refractivity contribution in [3.8, 4) is 0 Å². The Morgan fingerprint density at radius 1 is 1.17 bits per heavy atom. The van der Waals surface area contributed by atoms with E-state index in [0.29, 0.717) is 24.5 Å². The zero-order valence-electron chi connectivity index (χ0n) is 16.1. The Morgan fingerprint density at radius 2 is 2.03 bits per heavy atom. The van der Waals surface area contributed by atoms with Crippen molar-refractivity contribution in [2.75, 3.05) is 5.32 Å². The first kappa shape index (κ1) is 19.2. The molecule has 4 aromatic rings. The van der Waals surface area contributed by atoms with Crippen LogP contribution in [0.15, 0.2) is 63.7 Å². The second kappa shape index (κ2) is 8.08. The van der Waals surface area contributed by atoms with Gasteiger partial charge in [-0.25, -0.2) is 0 Å². The molecule has 0 spiro atoms. The molecule has 0 aliphatic rings. The van der Waals surface area contributed by atoms with E-state index < -0.39 is 0 Å². The summed E-state index contributed by atoms with van der Waals surface area (Å²) in [6, 6.07) is 13.2. The Hall–Kier alpha value is -3.13. The molecule has 0 unspecified atom stereocenters. The van der Waals surface area contributed by atoms with Crippen LogP contribution in [0.25, 0.3) is 0 Å². The predicted octanol–water partition coefficient (Wildman–Crippen LogP) is 4.40. The highest BCUT2D eigenvalue weighted by molar-refractivity contribution is 9.10. The van der Waals surface area contributed by atoms with Gasteiger partial charge in [0.2, 0.25) is 0 Å². The lowest BCUT2D eigenvalue weighted by atomic mass is 10.2. The fraction of sp³-hybridized carbons (Fsp3) is 0.190. The van der Waals surface area contributed by atoms with Crippen LogP contribution < -0.4 is 5.32 Å². The molecule has 4 rings (SSSR count). The minimum atomic E-state index is -0.288. The van der Waals surface area contributed by atoms with Gasteiger partial charge in [-0.3, -0.25) is 14.2 Å². The van der Waals surface area contributed by atoms with Gasteiger partial charge in [-0.05, 0) is 65.7 Å². The van der Waals surface area contributed by atoms with Gasteiger partial charge in [-0.2, -0.15) is 10.2 Å². The van der Waals surface area contributed by atoms with E-state index in [1.54, 1.807) is 18.3 Å². The number of furan rings is 1. The second-order valence-corrected chi connectivity index (χ2v) is 7.78. The zero-order chi connectivity index (χ0) is 20.4. The molecular weight excluding hydrogens is 434 g/mol. The van der Waals surface area contributed by atoms with Gasteiger partial charge in [-0.15, -0.1) is 0 Å². The number of rotatable bonds is 6. The van der Waals surface area contributed by atoms with E-state index in [2.05, 4.69) is 31.4 Å². The van der Waals surface area contributed by atoms with Crippen LogP contribution in [0.5, 0.6) is 0 Å². The van der Waals surface area contributed by atoms with Crippen LogP contribution in [0.1, 0.15) is 33.3 Å². The first-order chi connectivity index (χ1) is 14.0. The number of nitrogens with zero attached hydrogens (tertiary/aromatic N) is 4. The maximum Gasteiger partial charge on any atom is 0.291 e. The number of aromatic nitrogens is 4. The average Bonchev–Trinajstić information content (AvgIpc) is 3.37. The van der Waals surface area contributed by atoms with Gasteiger partial charge in [0.1, 0.15) is 5.76 Å². The molecule has 0 saturated heterocycles. The molecule has 29 heavy (non-hydrogen) atoms. The van der Waals surface area contributed by atoms with Gasteiger partial charge < -0.3 is 9.73 Å². The fourth-order valence-corrected chi connectivity index (χ4v) is 3.45. The number of amides is 1. The van der Waals surface area contributed by atoms with E-state index >= 15 is 0 Å². The number of hydrogen-bond acceptors (Lipinski definition) is 4. The molecule has 3 heterocycles. The lowest BCUT2D eigenvalue weighted by Gasteiger charge is -2.07. The number of halogens is 1. The van der Waals surface area contributed by atoms with E-state index in [4.69, 9.17) is 4.42 Å². The van der Waals surface area contributed by atoms with Crippen molar-refractivity contribution in [1.29, 1.82) is 0 Å². The van der Waals surface area contributed by atoms with E-state index in [0.717, 1.165) is 21.4 Å². The number of carbonyl (C=O) groups excluding carboxylic acids is 1. The van der Waals surface area contributed by atoms with E-state index in [9.17, 15) is 4.79 Å². The largest absolute Gasteiger partial charge is 0.454 e. The third-order valence-electron chi connectivity index (χ3n) is 4.43. The minimum absolute atomic E-state index is 0.267. The molecule has 0 saturated carbocycles. The van der Waals surface area contributed by atoms with Gasteiger partial charge in [0.05, 0.1) is 29.5 Å². The molecule has 0 atom stereocenters. The Balaban J connectivity index is 1.42. The van der Waals surface area contributed by atoms with E-state index in [-0.39, 0.29) is 11.7 Å². The van der Waals surface area contributed by atoms with Crippen LogP contribution in [-0.2, 0) is 13.1 Å². The van der Waals surface area contributed by atoms with E-state index in [1.807, 2.05) is 59.7 Å². The molecule has 0 fully saturated rings. The van der Waals surface area contributed by atoms with Crippen molar-refractivity contribution in [2.45, 2.75) is 26.9 Å². The normalized spacial score (nSPS) is 11.0. The summed E-state index contributed by atoms with van der Waals surface area (Å²) in [5.74, 6) is 0.658. The Bertz CT molecular complexity index is 1160. The molecule has 148 valence electrons. The summed E-state index contributed by atoms with van der Waals surface area (Å²) in [6.07, 6.45) is 3.64. The van der Waals surface area contributed by atoms with Gasteiger partial charge in [0.15, 0.2) is 5.76 Å². The third kappa shape index (κ3) is 4.65.